The second-order valence-corrected chi connectivity index (χ2v) is 5.71. The van der Waals surface area contributed by atoms with Crippen molar-refractivity contribution in [3.8, 4) is 11.6 Å². The van der Waals surface area contributed by atoms with Crippen molar-refractivity contribution >= 4 is 17.8 Å². The lowest BCUT2D eigenvalue weighted by atomic mass is 10.1. The number of aromatic nitrogens is 1. The fourth-order valence-corrected chi connectivity index (χ4v) is 2.47. The lowest BCUT2D eigenvalue weighted by molar-refractivity contribution is -0.122. The van der Waals surface area contributed by atoms with Gasteiger partial charge in [-0.15, -0.1) is 0 Å². The quantitative estimate of drug-likeness (QED) is 0.653. The van der Waals surface area contributed by atoms with E-state index in [1.165, 1.54) is 0 Å². The SMILES string of the molecule is O=C(CCC1NC(=O)NC1=O)NCc1cccnc1Oc1ccccc1. The minimum Gasteiger partial charge on any atom is -0.439 e. The first-order valence-electron chi connectivity index (χ1n) is 8.16. The lowest BCUT2D eigenvalue weighted by Gasteiger charge is -2.11. The summed E-state index contributed by atoms with van der Waals surface area (Å²) in [6.07, 6.45) is 1.97. The van der Waals surface area contributed by atoms with Gasteiger partial charge in [0.2, 0.25) is 11.8 Å². The maximum Gasteiger partial charge on any atom is 0.322 e. The van der Waals surface area contributed by atoms with Gasteiger partial charge in [0.15, 0.2) is 0 Å². The number of carbonyl (C=O) groups excluding carboxylic acids is 3. The summed E-state index contributed by atoms with van der Waals surface area (Å²) in [7, 11) is 0. The first-order valence-corrected chi connectivity index (χ1v) is 8.16. The summed E-state index contributed by atoms with van der Waals surface area (Å²) >= 11 is 0. The Bertz CT molecular complexity index is 810. The van der Waals surface area contributed by atoms with Crippen LogP contribution in [0.3, 0.4) is 0 Å². The highest BCUT2D eigenvalue weighted by Crippen LogP contribution is 2.22. The van der Waals surface area contributed by atoms with E-state index in [1.807, 2.05) is 36.4 Å². The van der Waals surface area contributed by atoms with Gasteiger partial charge in [-0.1, -0.05) is 24.3 Å². The Morgan fingerprint density at radius 2 is 1.96 bits per heavy atom. The molecule has 3 rings (SSSR count). The molecule has 1 unspecified atom stereocenters. The highest BCUT2D eigenvalue weighted by atomic mass is 16.5. The predicted octanol–water partition coefficient (Wildman–Crippen LogP) is 1.48. The molecule has 26 heavy (non-hydrogen) atoms. The number of imide groups is 1. The second kappa shape index (κ2) is 8.11. The third kappa shape index (κ3) is 4.56. The number of benzene rings is 1. The molecule has 1 aliphatic heterocycles. The standard InChI is InChI=1S/C18H18N4O4/c23-15(9-8-14-16(24)22-18(25)21-14)20-11-12-5-4-10-19-17(12)26-13-6-2-1-3-7-13/h1-7,10,14H,8-9,11H2,(H,20,23)(H2,21,22,24,25). The largest absolute Gasteiger partial charge is 0.439 e. The third-order valence-corrected chi connectivity index (χ3v) is 3.80. The number of carbonyl (C=O) groups is 3. The van der Waals surface area contributed by atoms with Crippen molar-refractivity contribution < 1.29 is 19.1 Å². The Kier molecular flexibility index (Phi) is 5.43. The normalized spacial score (nSPS) is 15.9. The van der Waals surface area contributed by atoms with Crippen LogP contribution in [0.15, 0.2) is 48.7 Å². The minimum atomic E-state index is -0.663. The second-order valence-electron chi connectivity index (χ2n) is 5.71. The van der Waals surface area contributed by atoms with Gasteiger partial charge in [0.25, 0.3) is 5.91 Å². The molecule has 0 spiro atoms. The molecule has 8 nitrogen and oxygen atoms in total. The van der Waals surface area contributed by atoms with Crippen molar-refractivity contribution in [1.29, 1.82) is 0 Å². The Hall–Kier alpha value is -3.42. The molecule has 2 heterocycles. The maximum atomic E-state index is 12.0. The molecule has 0 aliphatic carbocycles. The summed E-state index contributed by atoms with van der Waals surface area (Å²) in [5.74, 6) is 0.435. The molecule has 4 amide bonds. The molecule has 1 saturated heterocycles. The van der Waals surface area contributed by atoms with Crippen LogP contribution in [-0.2, 0) is 16.1 Å². The van der Waals surface area contributed by atoms with Gasteiger partial charge in [-0.05, 0) is 24.6 Å². The van der Waals surface area contributed by atoms with Crippen LogP contribution in [0.25, 0.3) is 0 Å². The molecule has 1 atom stereocenters. The van der Waals surface area contributed by atoms with Crippen LogP contribution in [0.1, 0.15) is 18.4 Å². The monoisotopic (exact) mass is 354 g/mol. The predicted molar refractivity (Wildman–Crippen MR) is 92.3 cm³/mol. The average molecular weight is 354 g/mol. The van der Waals surface area contributed by atoms with E-state index in [1.54, 1.807) is 12.3 Å². The van der Waals surface area contributed by atoms with Gasteiger partial charge < -0.3 is 15.4 Å². The first-order chi connectivity index (χ1) is 12.6. The number of para-hydroxylation sites is 1. The van der Waals surface area contributed by atoms with Crippen LogP contribution in [-0.4, -0.2) is 28.9 Å². The lowest BCUT2D eigenvalue weighted by Crippen LogP contribution is -2.31. The number of nitrogens with one attached hydrogen (secondary N) is 3. The Balaban J connectivity index is 1.52. The van der Waals surface area contributed by atoms with Gasteiger partial charge in [0.1, 0.15) is 11.8 Å². The minimum absolute atomic E-state index is 0.119. The van der Waals surface area contributed by atoms with Gasteiger partial charge in [0.05, 0.1) is 0 Å². The smallest absolute Gasteiger partial charge is 0.322 e. The summed E-state index contributed by atoms with van der Waals surface area (Å²) in [4.78, 5) is 38.7. The Morgan fingerprint density at radius 3 is 2.69 bits per heavy atom. The highest BCUT2D eigenvalue weighted by molar-refractivity contribution is 6.04. The molecule has 3 N–H and O–H groups in total. The van der Waals surface area contributed by atoms with E-state index >= 15 is 0 Å². The van der Waals surface area contributed by atoms with Crippen LogP contribution in [0.4, 0.5) is 4.79 Å². The fraction of sp³-hybridized carbons (Fsp3) is 0.222. The van der Waals surface area contributed by atoms with Crippen molar-refractivity contribution in [2.45, 2.75) is 25.4 Å². The zero-order valence-electron chi connectivity index (χ0n) is 13.9. The molecule has 0 bridgehead atoms. The zero-order chi connectivity index (χ0) is 18.4. The first kappa shape index (κ1) is 17.4. The van der Waals surface area contributed by atoms with Gasteiger partial charge >= 0.3 is 6.03 Å². The van der Waals surface area contributed by atoms with Crippen LogP contribution >= 0.6 is 0 Å². The highest BCUT2D eigenvalue weighted by Gasteiger charge is 2.29. The van der Waals surface area contributed by atoms with Gasteiger partial charge in [0, 0.05) is 24.7 Å². The average Bonchev–Trinajstić information content (AvgIpc) is 2.97. The van der Waals surface area contributed by atoms with Gasteiger partial charge in [-0.3, -0.25) is 14.9 Å². The fourth-order valence-electron chi connectivity index (χ4n) is 2.47. The van der Waals surface area contributed by atoms with Crippen LogP contribution in [0.2, 0.25) is 0 Å². The molecule has 1 aromatic heterocycles. The van der Waals surface area contributed by atoms with E-state index in [0.29, 0.717) is 11.6 Å². The van der Waals surface area contributed by atoms with E-state index < -0.39 is 18.0 Å². The topological polar surface area (TPSA) is 109 Å². The number of ether oxygens (including phenoxy) is 1. The summed E-state index contributed by atoms with van der Waals surface area (Å²) in [6.45, 7) is 0.248. The van der Waals surface area contributed by atoms with Crippen molar-refractivity contribution in [2.75, 3.05) is 0 Å². The molecule has 1 fully saturated rings. The van der Waals surface area contributed by atoms with Gasteiger partial charge in [-0.25, -0.2) is 9.78 Å². The number of pyridine rings is 1. The number of amides is 4. The van der Waals surface area contributed by atoms with Gasteiger partial charge in [-0.2, -0.15) is 0 Å². The zero-order valence-corrected chi connectivity index (χ0v) is 13.9. The molecule has 0 saturated carbocycles. The van der Waals surface area contributed by atoms with E-state index in [-0.39, 0.29) is 25.3 Å². The number of urea groups is 1. The van der Waals surface area contributed by atoms with Crippen LogP contribution < -0.4 is 20.7 Å². The summed E-state index contributed by atoms with van der Waals surface area (Å²) in [5, 5.41) is 7.36. The van der Waals surface area contributed by atoms with E-state index in [4.69, 9.17) is 4.74 Å². The van der Waals surface area contributed by atoms with Crippen molar-refractivity contribution in [3.63, 3.8) is 0 Å². The van der Waals surface area contributed by atoms with E-state index in [0.717, 1.165) is 5.56 Å². The van der Waals surface area contributed by atoms with Crippen LogP contribution in [0, 0.1) is 0 Å². The van der Waals surface area contributed by atoms with Crippen LogP contribution in [0.5, 0.6) is 11.6 Å². The van der Waals surface area contributed by atoms with Crippen molar-refractivity contribution in [1.82, 2.24) is 20.9 Å². The number of hydrogen-bond donors (Lipinski definition) is 3. The summed E-state index contributed by atoms with van der Waals surface area (Å²) < 4.78 is 5.75. The summed E-state index contributed by atoms with van der Waals surface area (Å²) in [6, 6.07) is 11.6. The molecule has 2 aromatic rings. The van der Waals surface area contributed by atoms with Crippen molar-refractivity contribution in [2.24, 2.45) is 0 Å². The Morgan fingerprint density at radius 1 is 1.15 bits per heavy atom. The Labute approximate surface area is 150 Å². The number of rotatable bonds is 7. The maximum absolute atomic E-state index is 12.0. The molecule has 0 radical (unpaired) electrons. The number of nitrogens with zero attached hydrogens (tertiary/aromatic N) is 1. The van der Waals surface area contributed by atoms with E-state index in [9.17, 15) is 14.4 Å². The summed E-state index contributed by atoms with van der Waals surface area (Å²) in [5.41, 5.74) is 0.733. The number of hydrogen-bond acceptors (Lipinski definition) is 5. The third-order valence-electron chi connectivity index (χ3n) is 3.80. The molecule has 1 aromatic carbocycles. The van der Waals surface area contributed by atoms with Crippen molar-refractivity contribution in [3.05, 3.63) is 54.2 Å². The molecular weight excluding hydrogens is 336 g/mol. The molecule has 8 heteroatoms. The van der Waals surface area contributed by atoms with E-state index in [2.05, 4.69) is 20.9 Å². The molecular formula is C18H18N4O4. The molecule has 1 aliphatic rings. The molecule has 134 valence electrons.